The predicted molar refractivity (Wildman–Crippen MR) is 113 cm³/mol. The minimum Gasteiger partial charge on any atom is -0.454 e. The SMILES string of the molecule is Cc1cc(NC(=O)C(=O)NCc2ccc3c(c2)OCO3)n(C2=NC(=O)C3CCCC3=N2)n1. The molecule has 1 aromatic carbocycles. The maximum atomic E-state index is 12.5. The summed E-state index contributed by atoms with van der Waals surface area (Å²) >= 11 is 0. The van der Waals surface area contributed by atoms with Crippen LogP contribution in [-0.4, -0.2) is 46.0 Å². The Morgan fingerprint density at radius 1 is 1.16 bits per heavy atom. The molecule has 1 atom stereocenters. The molecule has 11 nitrogen and oxygen atoms in total. The molecule has 3 amide bonds. The molecule has 1 unspecified atom stereocenters. The summed E-state index contributed by atoms with van der Waals surface area (Å²) in [5.41, 5.74) is 2.12. The molecular weight excluding hydrogens is 416 g/mol. The minimum atomic E-state index is -0.874. The highest BCUT2D eigenvalue weighted by atomic mass is 16.7. The Labute approximate surface area is 182 Å². The summed E-state index contributed by atoms with van der Waals surface area (Å²) < 4.78 is 11.8. The van der Waals surface area contributed by atoms with Crippen molar-refractivity contribution in [1.82, 2.24) is 15.1 Å². The lowest BCUT2D eigenvalue weighted by atomic mass is 10.1. The molecule has 0 radical (unpaired) electrons. The van der Waals surface area contributed by atoms with E-state index in [0.717, 1.165) is 30.5 Å². The van der Waals surface area contributed by atoms with Gasteiger partial charge in [0.25, 0.3) is 11.9 Å². The Morgan fingerprint density at radius 2 is 2.00 bits per heavy atom. The number of anilines is 1. The quantitative estimate of drug-likeness (QED) is 0.693. The van der Waals surface area contributed by atoms with E-state index in [2.05, 4.69) is 25.7 Å². The van der Waals surface area contributed by atoms with Gasteiger partial charge in [-0.15, -0.1) is 0 Å². The molecule has 1 fully saturated rings. The summed E-state index contributed by atoms with van der Waals surface area (Å²) in [5, 5.41) is 9.37. The number of fused-ring (bicyclic) bond motifs is 2. The Morgan fingerprint density at radius 3 is 2.88 bits per heavy atom. The summed E-state index contributed by atoms with van der Waals surface area (Å²) in [6.45, 7) is 2.02. The lowest BCUT2D eigenvalue weighted by molar-refractivity contribution is -0.136. The summed E-state index contributed by atoms with van der Waals surface area (Å²) in [6.07, 6.45) is 2.38. The molecule has 0 saturated heterocycles. The van der Waals surface area contributed by atoms with Crippen LogP contribution in [0.3, 0.4) is 0 Å². The molecule has 1 aromatic heterocycles. The number of aryl methyl sites for hydroxylation is 1. The van der Waals surface area contributed by atoms with Gasteiger partial charge in [0.15, 0.2) is 11.5 Å². The molecule has 3 aliphatic rings. The number of nitrogens with zero attached hydrogens (tertiary/aromatic N) is 4. The van der Waals surface area contributed by atoms with Crippen LogP contribution in [0.15, 0.2) is 34.3 Å². The molecule has 5 rings (SSSR count). The average molecular weight is 436 g/mol. The second-order valence-electron chi connectivity index (χ2n) is 7.71. The van der Waals surface area contributed by atoms with Crippen LogP contribution in [0.2, 0.25) is 0 Å². The summed E-state index contributed by atoms with van der Waals surface area (Å²) in [6, 6.07) is 6.84. The first kappa shape index (κ1) is 19.9. The van der Waals surface area contributed by atoms with Crippen LogP contribution in [0.5, 0.6) is 11.5 Å². The molecule has 32 heavy (non-hydrogen) atoms. The smallest absolute Gasteiger partial charge is 0.314 e. The van der Waals surface area contributed by atoms with Gasteiger partial charge in [0.2, 0.25) is 6.79 Å². The first-order valence-electron chi connectivity index (χ1n) is 10.2. The van der Waals surface area contributed by atoms with Crippen LogP contribution >= 0.6 is 0 Å². The Kier molecular flexibility index (Phi) is 4.92. The average Bonchev–Trinajstić information content (AvgIpc) is 3.51. The summed E-state index contributed by atoms with van der Waals surface area (Å²) in [4.78, 5) is 45.6. The molecule has 1 saturated carbocycles. The minimum absolute atomic E-state index is 0.0901. The number of amides is 3. The fraction of sp³-hybridized carbons (Fsp3) is 0.333. The molecule has 11 heteroatoms. The van der Waals surface area contributed by atoms with Gasteiger partial charge in [-0.1, -0.05) is 6.07 Å². The number of benzene rings is 1. The lowest BCUT2D eigenvalue weighted by Crippen LogP contribution is -2.36. The number of hydrogen-bond acceptors (Lipinski definition) is 7. The molecule has 3 heterocycles. The van der Waals surface area contributed by atoms with Gasteiger partial charge < -0.3 is 20.1 Å². The van der Waals surface area contributed by atoms with E-state index in [0.29, 0.717) is 17.2 Å². The van der Waals surface area contributed by atoms with Gasteiger partial charge in [0.1, 0.15) is 5.82 Å². The standard InChI is InChI=1S/C21H20N6O5/c1-11-7-17(27(26-11)21-23-14-4-2-3-13(14)18(28)25-21)24-20(30)19(29)22-9-12-5-6-15-16(8-12)32-10-31-15/h5-8,13H,2-4,9-10H2,1H3,(H,22,29)(H,24,30). The highest BCUT2D eigenvalue weighted by Gasteiger charge is 2.33. The fourth-order valence-corrected chi connectivity index (χ4v) is 3.88. The van der Waals surface area contributed by atoms with Gasteiger partial charge in [-0.25, -0.2) is 4.99 Å². The molecule has 2 aromatic rings. The van der Waals surface area contributed by atoms with E-state index in [1.165, 1.54) is 4.68 Å². The van der Waals surface area contributed by atoms with Gasteiger partial charge >= 0.3 is 11.8 Å². The molecule has 0 bridgehead atoms. The highest BCUT2D eigenvalue weighted by Crippen LogP contribution is 2.32. The van der Waals surface area contributed by atoms with Crippen LogP contribution in [0, 0.1) is 12.8 Å². The number of carbonyl (C=O) groups is 3. The fourth-order valence-electron chi connectivity index (χ4n) is 3.88. The van der Waals surface area contributed by atoms with E-state index in [4.69, 9.17) is 9.47 Å². The number of rotatable bonds is 3. The number of nitrogens with one attached hydrogen (secondary N) is 2. The van der Waals surface area contributed by atoms with Crippen molar-refractivity contribution in [2.75, 3.05) is 12.1 Å². The molecule has 1 aliphatic carbocycles. The van der Waals surface area contributed by atoms with E-state index in [-0.39, 0.29) is 36.9 Å². The third-order valence-electron chi connectivity index (χ3n) is 5.44. The Hall–Kier alpha value is -4.02. The van der Waals surface area contributed by atoms with Crippen LogP contribution in [0.25, 0.3) is 0 Å². The van der Waals surface area contributed by atoms with Crippen molar-refractivity contribution in [3.05, 3.63) is 35.5 Å². The van der Waals surface area contributed by atoms with E-state index >= 15 is 0 Å². The number of aromatic nitrogens is 2. The zero-order valence-corrected chi connectivity index (χ0v) is 17.3. The van der Waals surface area contributed by atoms with Gasteiger partial charge in [-0.3, -0.25) is 14.4 Å². The maximum absolute atomic E-state index is 12.5. The Balaban J connectivity index is 1.27. The third-order valence-corrected chi connectivity index (χ3v) is 5.44. The van der Waals surface area contributed by atoms with Crippen LogP contribution in [-0.2, 0) is 20.9 Å². The van der Waals surface area contributed by atoms with Crippen molar-refractivity contribution >= 4 is 35.2 Å². The van der Waals surface area contributed by atoms with Crippen molar-refractivity contribution < 1.29 is 23.9 Å². The van der Waals surface area contributed by atoms with Gasteiger partial charge in [-0.2, -0.15) is 14.8 Å². The lowest BCUT2D eigenvalue weighted by Gasteiger charge is -2.15. The predicted octanol–water partition coefficient (Wildman–Crippen LogP) is 1.16. The summed E-state index contributed by atoms with van der Waals surface area (Å²) in [7, 11) is 0. The molecule has 164 valence electrons. The van der Waals surface area contributed by atoms with Crippen LogP contribution in [0.1, 0.15) is 30.5 Å². The number of carbonyl (C=O) groups excluding carboxylic acids is 3. The van der Waals surface area contributed by atoms with Crippen molar-refractivity contribution in [2.45, 2.75) is 32.7 Å². The van der Waals surface area contributed by atoms with E-state index in [9.17, 15) is 14.4 Å². The summed E-state index contributed by atoms with van der Waals surface area (Å²) in [5.74, 6) is -0.680. The first-order valence-corrected chi connectivity index (χ1v) is 10.2. The zero-order valence-electron chi connectivity index (χ0n) is 17.3. The molecule has 0 spiro atoms. The second-order valence-corrected chi connectivity index (χ2v) is 7.71. The second kappa shape index (κ2) is 7.91. The largest absolute Gasteiger partial charge is 0.454 e. The monoisotopic (exact) mass is 436 g/mol. The van der Waals surface area contributed by atoms with Crippen LogP contribution < -0.4 is 20.1 Å². The Bertz CT molecular complexity index is 1200. The highest BCUT2D eigenvalue weighted by molar-refractivity contribution is 6.39. The normalized spacial score (nSPS) is 18.7. The van der Waals surface area contributed by atoms with Crippen molar-refractivity contribution in [3.63, 3.8) is 0 Å². The first-order chi connectivity index (χ1) is 15.5. The molecule has 2 aliphatic heterocycles. The van der Waals surface area contributed by atoms with Gasteiger partial charge in [0, 0.05) is 18.3 Å². The van der Waals surface area contributed by atoms with Crippen molar-refractivity contribution in [1.29, 1.82) is 0 Å². The maximum Gasteiger partial charge on any atom is 0.314 e. The topological polar surface area (TPSA) is 136 Å². The van der Waals surface area contributed by atoms with Gasteiger partial charge in [0.05, 0.1) is 11.6 Å². The number of hydrogen-bond donors (Lipinski definition) is 2. The number of aliphatic imine (C=N–C) groups is 2. The van der Waals surface area contributed by atoms with Gasteiger partial charge in [-0.05, 0) is 43.9 Å². The van der Waals surface area contributed by atoms with E-state index in [1.54, 1.807) is 31.2 Å². The number of ether oxygens (including phenoxy) is 2. The zero-order chi connectivity index (χ0) is 22.2. The van der Waals surface area contributed by atoms with Crippen molar-refractivity contribution in [3.8, 4) is 11.5 Å². The van der Waals surface area contributed by atoms with Crippen molar-refractivity contribution in [2.24, 2.45) is 15.9 Å². The molecular formula is C21H20N6O5. The third kappa shape index (κ3) is 3.72. The molecule has 2 N–H and O–H groups in total. The van der Waals surface area contributed by atoms with E-state index < -0.39 is 11.8 Å². The van der Waals surface area contributed by atoms with Crippen LogP contribution in [0.4, 0.5) is 5.82 Å². The van der Waals surface area contributed by atoms with E-state index in [1.807, 2.05) is 0 Å².